The Bertz CT molecular complexity index is 269. The van der Waals surface area contributed by atoms with E-state index in [0.717, 1.165) is 25.7 Å². The van der Waals surface area contributed by atoms with E-state index in [1.54, 1.807) is 11.4 Å². The maximum Gasteiger partial charge on any atom is 0.215 e. The summed E-state index contributed by atoms with van der Waals surface area (Å²) in [4.78, 5) is 0. The van der Waals surface area contributed by atoms with E-state index in [-0.39, 0.29) is 18.3 Å². The molecular weight excluding hydrogens is 212 g/mol. The molecule has 0 aliphatic heterocycles. The smallest absolute Gasteiger partial charge is 0.215 e. The summed E-state index contributed by atoms with van der Waals surface area (Å²) in [5.41, 5.74) is 5.31. The van der Waals surface area contributed by atoms with E-state index in [2.05, 4.69) is 0 Å². The first-order chi connectivity index (χ1) is 7.08. The van der Waals surface area contributed by atoms with Crippen LogP contribution in [0.25, 0.3) is 0 Å². The van der Waals surface area contributed by atoms with E-state index in [4.69, 9.17) is 5.73 Å². The lowest BCUT2D eigenvalue weighted by atomic mass is 10.1. The Morgan fingerprint density at radius 3 is 2.20 bits per heavy atom. The molecule has 1 aliphatic carbocycles. The standard InChI is InChI=1S/C10H22N2O2S/c1-12(15(13,14)9-8-11)10-6-4-2-3-5-7-10/h10H,2-9,11H2,1H3. The van der Waals surface area contributed by atoms with Gasteiger partial charge in [0, 0.05) is 19.6 Å². The van der Waals surface area contributed by atoms with Gasteiger partial charge in [0.15, 0.2) is 0 Å². The van der Waals surface area contributed by atoms with Gasteiger partial charge in [-0.25, -0.2) is 12.7 Å². The monoisotopic (exact) mass is 234 g/mol. The van der Waals surface area contributed by atoms with Crippen molar-refractivity contribution >= 4 is 10.0 Å². The van der Waals surface area contributed by atoms with Crippen LogP contribution >= 0.6 is 0 Å². The third-order valence-corrected chi connectivity index (χ3v) is 5.08. The fourth-order valence-corrected chi connectivity index (χ4v) is 3.39. The second-order valence-corrected chi connectivity index (χ2v) is 6.41. The molecule has 1 saturated carbocycles. The lowest BCUT2D eigenvalue weighted by Crippen LogP contribution is -2.39. The Balaban J connectivity index is 2.61. The van der Waals surface area contributed by atoms with Crippen LogP contribution in [0.4, 0.5) is 0 Å². The molecule has 0 spiro atoms. The molecule has 5 heteroatoms. The average molecular weight is 234 g/mol. The Morgan fingerprint density at radius 1 is 1.20 bits per heavy atom. The normalized spacial score (nSPS) is 20.5. The molecule has 0 amide bonds. The summed E-state index contributed by atoms with van der Waals surface area (Å²) in [5, 5.41) is 0. The second kappa shape index (κ2) is 5.82. The minimum Gasteiger partial charge on any atom is -0.329 e. The summed E-state index contributed by atoms with van der Waals surface area (Å²) in [6.45, 7) is 0.208. The number of nitrogens with two attached hydrogens (primary N) is 1. The predicted molar refractivity (Wildman–Crippen MR) is 62.1 cm³/mol. The number of hydrogen-bond acceptors (Lipinski definition) is 3. The van der Waals surface area contributed by atoms with E-state index in [9.17, 15) is 8.42 Å². The fraction of sp³-hybridized carbons (Fsp3) is 1.00. The van der Waals surface area contributed by atoms with Gasteiger partial charge in [-0.15, -0.1) is 0 Å². The molecule has 1 rings (SSSR count). The van der Waals surface area contributed by atoms with Gasteiger partial charge in [0.1, 0.15) is 0 Å². The van der Waals surface area contributed by atoms with Crippen LogP contribution in [0.1, 0.15) is 38.5 Å². The van der Waals surface area contributed by atoms with Crippen LogP contribution in [0.15, 0.2) is 0 Å². The summed E-state index contributed by atoms with van der Waals surface area (Å²) < 4.78 is 25.1. The maximum absolute atomic E-state index is 11.8. The van der Waals surface area contributed by atoms with Crippen LogP contribution in [0.5, 0.6) is 0 Å². The number of nitrogens with zero attached hydrogens (tertiary/aromatic N) is 1. The molecule has 0 radical (unpaired) electrons. The minimum atomic E-state index is -3.12. The lowest BCUT2D eigenvalue weighted by molar-refractivity contribution is 0.336. The zero-order valence-electron chi connectivity index (χ0n) is 9.48. The van der Waals surface area contributed by atoms with Crippen molar-refractivity contribution in [3.8, 4) is 0 Å². The Hall–Kier alpha value is -0.130. The molecule has 0 bridgehead atoms. The quantitative estimate of drug-likeness (QED) is 0.736. The first-order valence-corrected chi connectivity index (χ1v) is 7.34. The highest BCUT2D eigenvalue weighted by molar-refractivity contribution is 7.89. The fourth-order valence-electron chi connectivity index (χ4n) is 2.14. The molecule has 90 valence electrons. The molecule has 0 aromatic heterocycles. The summed E-state index contributed by atoms with van der Waals surface area (Å²) in [7, 11) is -1.42. The zero-order chi connectivity index (χ0) is 11.3. The Morgan fingerprint density at radius 2 is 1.73 bits per heavy atom. The van der Waals surface area contributed by atoms with Gasteiger partial charge in [-0.1, -0.05) is 25.7 Å². The molecule has 0 atom stereocenters. The number of hydrogen-bond donors (Lipinski definition) is 1. The van der Waals surface area contributed by atoms with Crippen LogP contribution in [0.3, 0.4) is 0 Å². The van der Waals surface area contributed by atoms with Gasteiger partial charge in [-0.3, -0.25) is 0 Å². The molecule has 1 fully saturated rings. The topological polar surface area (TPSA) is 63.4 Å². The van der Waals surface area contributed by atoms with E-state index >= 15 is 0 Å². The highest BCUT2D eigenvalue weighted by Crippen LogP contribution is 2.22. The van der Waals surface area contributed by atoms with Crippen LogP contribution in [0, 0.1) is 0 Å². The molecule has 4 nitrogen and oxygen atoms in total. The number of sulfonamides is 1. The van der Waals surface area contributed by atoms with Crippen molar-refractivity contribution in [1.29, 1.82) is 0 Å². The van der Waals surface area contributed by atoms with Gasteiger partial charge < -0.3 is 5.73 Å². The van der Waals surface area contributed by atoms with E-state index in [1.807, 2.05) is 0 Å². The third kappa shape index (κ3) is 3.74. The zero-order valence-corrected chi connectivity index (χ0v) is 10.3. The average Bonchev–Trinajstić information content (AvgIpc) is 2.44. The van der Waals surface area contributed by atoms with Crippen molar-refractivity contribution < 1.29 is 8.42 Å². The largest absolute Gasteiger partial charge is 0.329 e. The van der Waals surface area contributed by atoms with Crippen LogP contribution < -0.4 is 5.73 Å². The second-order valence-electron chi connectivity index (χ2n) is 4.27. The van der Waals surface area contributed by atoms with Gasteiger partial charge in [-0.2, -0.15) is 0 Å². The van der Waals surface area contributed by atoms with Gasteiger partial charge in [0.25, 0.3) is 0 Å². The maximum atomic E-state index is 11.8. The van der Waals surface area contributed by atoms with Gasteiger partial charge >= 0.3 is 0 Å². The SMILES string of the molecule is CN(C1CCCCCC1)S(=O)(=O)CCN. The minimum absolute atomic E-state index is 0.0694. The molecule has 0 aromatic carbocycles. The summed E-state index contributed by atoms with van der Waals surface area (Å²) >= 11 is 0. The highest BCUT2D eigenvalue weighted by atomic mass is 32.2. The molecule has 2 N–H and O–H groups in total. The number of rotatable bonds is 4. The van der Waals surface area contributed by atoms with Gasteiger partial charge in [-0.05, 0) is 12.8 Å². The molecule has 0 saturated heterocycles. The first-order valence-electron chi connectivity index (χ1n) is 5.73. The molecule has 0 unspecified atom stereocenters. The van der Waals surface area contributed by atoms with Crippen molar-refractivity contribution in [1.82, 2.24) is 4.31 Å². The van der Waals surface area contributed by atoms with Crippen molar-refractivity contribution in [3.63, 3.8) is 0 Å². The predicted octanol–water partition coefficient (Wildman–Crippen LogP) is 0.929. The van der Waals surface area contributed by atoms with Crippen LogP contribution in [-0.2, 0) is 10.0 Å². The van der Waals surface area contributed by atoms with Crippen LogP contribution in [-0.4, -0.2) is 38.1 Å². The van der Waals surface area contributed by atoms with Crippen molar-refractivity contribution in [2.45, 2.75) is 44.6 Å². The van der Waals surface area contributed by atoms with Gasteiger partial charge in [0.05, 0.1) is 5.75 Å². The molecule has 0 aromatic rings. The summed E-state index contributed by atoms with van der Waals surface area (Å²) in [6, 6.07) is 0.198. The molecular formula is C10H22N2O2S. The van der Waals surface area contributed by atoms with E-state index in [0.29, 0.717) is 0 Å². The highest BCUT2D eigenvalue weighted by Gasteiger charge is 2.25. The first kappa shape index (κ1) is 12.9. The van der Waals surface area contributed by atoms with Crippen LogP contribution in [0.2, 0.25) is 0 Å². The molecule has 0 heterocycles. The van der Waals surface area contributed by atoms with Crippen molar-refractivity contribution in [2.24, 2.45) is 5.73 Å². The Kier molecular flexibility index (Phi) is 5.02. The van der Waals surface area contributed by atoms with Crippen molar-refractivity contribution in [3.05, 3.63) is 0 Å². The van der Waals surface area contributed by atoms with E-state index < -0.39 is 10.0 Å². The molecule has 15 heavy (non-hydrogen) atoms. The third-order valence-electron chi connectivity index (χ3n) is 3.15. The van der Waals surface area contributed by atoms with Gasteiger partial charge in [0.2, 0.25) is 10.0 Å². The Labute approximate surface area is 92.9 Å². The summed E-state index contributed by atoms with van der Waals surface area (Å²) in [5.74, 6) is 0.0694. The lowest BCUT2D eigenvalue weighted by Gasteiger charge is -2.26. The van der Waals surface area contributed by atoms with Crippen molar-refractivity contribution in [2.75, 3.05) is 19.3 Å². The van der Waals surface area contributed by atoms with E-state index in [1.165, 1.54) is 12.8 Å². The molecule has 1 aliphatic rings. The summed E-state index contributed by atoms with van der Waals surface area (Å²) in [6.07, 6.45) is 6.77.